The highest BCUT2D eigenvalue weighted by Crippen LogP contribution is 2.35. The number of hydrogen-bond acceptors (Lipinski definition) is 5. The molecule has 1 atom stereocenters. The van der Waals surface area contributed by atoms with Crippen molar-refractivity contribution in [3.05, 3.63) is 96.1 Å². The minimum Gasteiger partial charge on any atom is -0.344 e. The first-order chi connectivity index (χ1) is 16.4. The van der Waals surface area contributed by atoms with Crippen molar-refractivity contribution in [1.29, 1.82) is 5.26 Å². The van der Waals surface area contributed by atoms with Gasteiger partial charge in [0.1, 0.15) is 0 Å². The minimum absolute atomic E-state index is 0.0547. The highest BCUT2D eigenvalue weighted by Gasteiger charge is 2.25. The Kier molecular flexibility index (Phi) is 6.57. The summed E-state index contributed by atoms with van der Waals surface area (Å²) in [6.07, 6.45) is 1.08. The van der Waals surface area contributed by atoms with Gasteiger partial charge in [0.2, 0.25) is 10.0 Å². The summed E-state index contributed by atoms with van der Waals surface area (Å²) < 4.78 is 27.2. The molecule has 2 N–H and O–H groups in total. The lowest BCUT2D eigenvalue weighted by molar-refractivity contribution is 0.0940. The summed E-state index contributed by atoms with van der Waals surface area (Å²) in [4.78, 5) is 18.4. The molecule has 1 aromatic heterocycles. The number of pyridine rings is 1. The number of nitrogens with one attached hydrogen (secondary N) is 2. The number of anilines is 1. The van der Waals surface area contributed by atoms with Crippen LogP contribution in [0, 0.1) is 11.3 Å². The van der Waals surface area contributed by atoms with Crippen LogP contribution in [0.15, 0.2) is 84.9 Å². The molecule has 0 fully saturated rings. The molecule has 0 bridgehead atoms. The van der Waals surface area contributed by atoms with Crippen LogP contribution < -0.4 is 10.0 Å². The smallest absolute Gasteiger partial charge is 0.254 e. The highest BCUT2D eigenvalue weighted by atomic mass is 32.2. The molecule has 0 saturated heterocycles. The molecule has 0 aliphatic rings. The maximum Gasteiger partial charge on any atom is 0.254 e. The van der Waals surface area contributed by atoms with Gasteiger partial charge in [-0.25, -0.2) is 13.4 Å². The summed E-state index contributed by atoms with van der Waals surface area (Å²) in [7, 11) is -3.75. The number of carbonyl (C=O) groups excluding carboxylic acids is 1. The first-order valence-electron chi connectivity index (χ1n) is 10.6. The number of nitrogens with zero attached hydrogens (tertiary/aromatic N) is 2. The van der Waals surface area contributed by atoms with Gasteiger partial charge in [0.15, 0.2) is 0 Å². The fourth-order valence-electron chi connectivity index (χ4n) is 3.80. The van der Waals surface area contributed by atoms with Crippen molar-refractivity contribution in [3.8, 4) is 17.3 Å². The third-order valence-corrected chi connectivity index (χ3v) is 5.83. The second kappa shape index (κ2) is 9.73. The third kappa shape index (κ3) is 5.05. The molecular formula is C26H22N4O3S. The predicted molar refractivity (Wildman–Crippen MR) is 133 cm³/mol. The number of amides is 1. The summed E-state index contributed by atoms with van der Waals surface area (Å²) in [5.41, 5.74) is 2.55. The Morgan fingerprint density at radius 2 is 1.59 bits per heavy atom. The van der Waals surface area contributed by atoms with E-state index in [2.05, 4.69) is 21.1 Å². The van der Waals surface area contributed by atoms with E-state index in [1.807, 2.05) is 48.5 Å². The largest absolute Gasteiger partial charge is 0.344 e. The van der Waals surface area contributed by atoms with E-state index in [-0.39, 0.29) is 17.7 Å². The van der Waals surface area contributed by atoms with Gasteiger partial charge in [0, 0.05) is 10.9 Å². The number of fused-ring (bicyclic) bond motifs is 1. The Bertz CT molecular complexity index is 1480. The molecule has 170 valence electrons. The van der Waals surface area contributed by atoms with Gasteiger partial charge in [0.25, 0.3) is 5.91 Å². The van der Waals surface area contributed by atoms with Gasteiger partial charge in [-0.2, -0.15) is 5.26 Å². The second-order valence-electron chi connectivity index (χ2n) is 7.77. The molecule has 0 aliphatic heterocycles. The van der Waals surface area contributed by atoms with E-state index >= 15 is 0 Å². The lowest BCUT2D eigenvalue weighted by atomic mass is 9.99. The normalized spacial score (nSPS) is 12.0. The monoisotopic (exact) mass is 470 g/mol. The maximum atomic E-state index is 13.7. The first-order valence-corrected chi connectivity index (χ1v) is 12.4. The van der Waals surface area contributed by atoms with Crippen LogP contribution in [0.25, 0.3) is 22.2 Å². The van der Waals surface area contributed by atoms with Crippen molar-refractivity contribution in [2.24, 2.45) is 0 Å². The van der Waals surface area contributed by atoms with Crippen molar-refractivity contribution in [2.45, 2.75) is 12.5 Å². The van der Waals surface area contributed by atoms with Crippen LogP contribution in [0.5, 0.6) is 0 Å². The number of para-hydroxylation sites is 1. The molecule has 8 heteroatoms. The molecule has 1 heterocycles. The SMILES string of the molecule is CS(=O)(=O)Nc1c(-c2ccccc2)nc2ccccc2c1C(=O)NC(CC#N)c1ccccc1. The predicted octanol–water partition coefficient (Wildman–Crippen LogP) is 4.66. The van der Waals surface area contributed by atoms with Gasteiger partial charge in [-0.05, 0) is 11.6 Å². The molecule has 34 heavy (non-hydrogen) atoms. The number of nitriles is 1. The molecular weight excluding hydrogens is 448 g/mol. The van der Waals surface area contributed by atoms with Crippen molar-refractivity contribution in [2.75, 3.05) is 11.0 Å². The van der Waals surface area contributed by atoms with Gasteiger partial charge < -0.3 is 5.32 Å². The van der Waals surface area contributed by atoms with Crippen LogP contribution in [0.3, 0.4) is 0 Å². The zero-order valence-electron chi connectivity index (χ0n) is 18.4. The number of aromatic nitrogens is 1. The van der Waals surface area contributed by atoms with Crippen LogP contribution in [-0.2, 0) is 10.0 Å². The molecule has 1 amide bonds. The summed E-state index contributed by atoms with van der Waals surface area (Å²) in [6, 6.07) is 26.8. The number of sulfonamides is 1. The third-order valence-electron chi connectivity index (χ3n) is 5.26. The molecule has 4 aromatic rings. The van der Waals surface area contributed by atoms with Crippen molar-refractivity contribution in [1.82, 2.24) is 10.3 Å². The van der Waals surface area contributed by atoms with E-state index in [4.69, 9.17) is 0 Å². The Labute approximate surface area is 198 Å². The maximum absolute atomic E-state index is 13.7. The molecule has 0 radical (unpaired) electrons. The topological polar surface area (TPSA) is 112 Å². The molecule has 7 nitrogen and oxygen atoms in total. The lowest BCUT2D eigenvalue weighted by Crippen LogP contribution is -2.30. The zero-order chi connectivity index (χ0) is 24.1. The summed E-state index contributed by atoms with van der Waals surface area (Å²) >= 11 is 0. The van der Waals surface area contributed by atoms with Crippen LogP contribution in [0.4, 0.5) is 5.69 Å². The molecule has 0 aliphatic carbocycles. The second-order valence-corrected chi connectivity index (χ2v) is 9.52. The van der Waals surface area contributed by atoms with Gasteiger partial charge in [-0.3, -0.25) is 9.52 Å². The molecule has 0 spiro atoms. The number of benzene rings is 3. The van der Waals surface area contributed by atoms with E-state index < -0.39 is 22.0 Å². The molecule has 0 saturated carbocycles. The Morgan fingerprint density at radius 3 is 2.24 bits per heavy atom. The number of hydrogen-bond donors (Lipinski definition) is 2. The summed E-state index contributed by atoms with van der Waals surface area (Å²) in [5.74, 6) is -0.508. The fraction of sp³-hybridized carbons (Fsp3) is 0.115. The summed E-state index contributed by atoms with van der Waals surface area (Å²) in [6.45, 7) is 0. The van der Waals surface area contributed by atoms with Crippen LogP contribution >= 0.6 is 0 Å². The average Bonchev–Trinajstić information content (AvgIpc) is 2.83. The molecule has 4 rings (SSSR count). The first kappa shape index (κ1) is 23.0. The Balaban J connectivity index is 1.93. The van der Waals surface area contributed by atoms with E-state index in [1.165, 1.54) is 0 Å². The summed E-state index contributed by atoms with van der Waals surface area (Å²) in [5, 5.41) is 12.8. The standard InChI is InChI=1S/C26H22N4O3S/c1-34(32,33)30-25-23(26(31)29-21(16-17-27)18-10-4-2-5-11-18)20-14-8-9-15-22(20)28-24(25)19-12-6-3-7-13-19/h2-15,21,30H,16H2,1H3,(H,29,31). The van der Waals surface area contributed by atoms with Crippen LogP contribution in [-0.4, -0.2) is 25.6 Å². The van der Waals surface area contributed by atoms with Crippen molar-refractivity contribution >= 4 is 32.5 Å². The highest BCUT2D eigenvalue weighted by molar-refractivity contribution is 7.92. The quantitative estimate of drug-likeness (QED) is 0.408. The van der Waals surface area contributed by atoms with Gasteiger partial charge in [0.05, 0.1) is 47.2 Å². The average molecular weight is 471 g/mol. The van der Waals surface area contributed by atoms with Crippen LogP contribution in [0.2, 0.25) is 0 Å². The number of rotatable bonds is 7. The zero-order valence-corrected chi connectivity index (χ0v) is 19.2. The van der Waals surface area contributed by atoms with E-state index in [1.54, 1.807) is 36.4 Å². The lowest BCUT2D eigenvalue weighted by Gasteiger charge is -2.21. The Hall–Kier alpha value is -4.22. The Morgan fingerprint density at radius 1 is 0.971 bits per heavy atom. The number of carbonyl (C=O) groups is 1. The molecule has 1 unspecified atom stereocenters. The van der Waals surface area contributed by atoms with E-state index in [9.17, 15) is 18.5 Å². The van der Waals surface area contributed by atoms with Crippen molar-refractivity contribution < 1.29 is 13.2 Å². The van der Waals surface area contributed by atoms with E-state index in [0.717, 1.165) is 11.8 Å². The van der Waals surface area contributed by atoms with Gasteiger partial charge in [-0.1, -0.05) is 78.9 Å². The minimum atomic E-state index is -3.75. The van der Waals surface area contributed by atoms with Gasteiger partial charge >= 0.3 is 0 Å². The van der Waals surface area contributed by atoms with Crippen LogP contribution in [0.1, 0.15) is 28.4 Å². The van der Waals surface area contributed by atoms with Gasteiger partial charge in [-0.15, -0.1) is 0 Å². The molecule has 3 aromatic carbocycles. The van der Waals surface area contributed by atoms with Crippen molar-refractivity contribution in [3.63, 3.8) is 0 Å². The van der Waals surface area contributed by atoms with E-state index in [0.29, 0.717) is 22.2 Å². The fourth-order valence-corrected chi connectivity index (χ4v) is 4.37.